The molecule has 0 aromatic heterocycles. The van der Waals surface area contributed by atoms with E-state index in [1.165, 1.54) is 4.90 Å². The number of likely N-dealkylation sites (tertiary alicyclic amines) is 1. The van der Waals surface area contributed by atoms with E-state index < -0.39 is 46.8 Å². The third-order valence-corrected chi connectivity index (χ3v) is 4.47. The zero-order chi connectivity index (χ0) is 20.6. The zero-order valence-electron chi connectivity index (χ0n) is 14.9. The standard InChI is InChI=1S/C17H19BrF4N2O3/c1-16(2,3)27-15(26)23-9-6-7-24(8-9)14(25)12-11(18)5-4-10(13(12)19)17(20,21)22/h4-5,9H,6-8H2,1-3H3,(H,23,26)/t9-/m1/s1. The minimum Gasteiger partial charge on any atom is -0.444 e. The smallest absolute Gasteiger partial charge is 0.419 e. The van der Waals surface area contributed by atoms with Gasteiger partial charge in [-0.3, -0.25) is 4.79 Å². The molecule has 1 fully saturated rings. The van der Waals surface area contributed by atoms with Crippen molar-refractivity contribution in [2.75, 3.05) is 13.1 Å². The molecule has 27 heavy (non-hydrogen) atoms. The molecule has 0 bridgehead atoms. The SMILES string of the molecule is CC(C)(C)OC(=O)N[C@@H]1CCN(C(=O)c2c(Br)ccc(C(F)(F)F)c2F)C1. The average Bonchev–Trinajstić information content (AvgIpc) is 2.91. The summed E-state index contributed by atoms with van der Waals surface area (Å²) in [5, 5.41) is 2.60. The van der Waals surface area contributed by atoms with E-state index in [4.69, 9.17) is 4.74 Å². The van der Waals surface area contributed by atoms with Gasteiger partial charge < -0.3 is 15.0 Å². The lowest BCUT2D eigenvalue weighted by molar-refractivity contribution is -0.140. The minimum absolute atomic E-state index is 0.0419. The van der Waals surface area contributed by atoms with Gasteiger partial charge in [0.05, 0.1) is 17.2 Å². The lowest BCUT2D eigenvalue weighted by Crippen LogP contribution is -2.41. The number of alkyl carbamates (subject to hydrolysis) is 1. The molecule has 1 heterocycles. The predicted octanol–water partition coefficient (Wildman–Crippen LogP) is 4.35. The van der Waals surface area contributed by atoms with Gasteiger partial charge in [-0.05, 0) is 55.3 Å². The fourth-order valence-electron chi connectivity index (χ4n) is 2.66. The number of benzene rings is 1. The first-order valence-corrected chi connectivity index (χ1v) is 8.93. The average molecular weight is 455 g/mol. The van der Waals surface area contributed by atoms with Crippen LogP contribution in [-0.4, -0.2) is 41.6 Å². The second kappa shape index (κ2) is 7.65. The largest absolute Gasteiger partial charge is 0.444 e. The third-order valence-electron chi connectivity index (χ3n) is 3.81. The second-order valence-electron chi connectivity index (χ2n) is 7.16. The number of nitrogens with one attached hydrogen (secondary N) is 1. The predicted molar refractivity (Wildman–Crippen MR) is 92.8 cm³/mol. The molecule has 0 spiro atoms. The maximum absolute atomic E-state index is 14.3. The first-order valence-electron chi connectivity index (χ1n) is 8.13. The van der Waals surface area contributed by atoms with Crippen LogP contribution in [0.1, 0.15) is 43.1 Å². The van der Waals surface area contributed by atoms with Crippen molar-refractivity contribution < 1.29 is 31.9 Å². The van der Waals surface area contributed by atoms with Gasteiger partial charge in [0, 0.05) is 17.6 Å². The Kier molecular flexibility index (Phi) is 6.08. The summed E-state index contributed by atoms with van der Waals surface area (Å²) in [6.45, 7) is 5.31. The number of ether oxygens (including phenoxy) is 1. The normalized spacial score (nSPS) is 17.8. The van der Waals surface area contributed by atoms with Crippen LogP contribution in [-0.2, 0) is 10.9 Å². The summed E-state index contributed by atoms with van der Waals surface area (Å²) in [6, 6.07) is 1.13. The van der Waals surface area contributed by atoms with Crippen molar-refractivity contribution in [3.8, 4) is 0 Å². The molecule has 1 aromatic carbocycles. The minimum atomic E-state index is -4.91. The summed E-state index contributed by atoms with van der Waals surface area (Å²) in [7, 11) is 0. The van der Waals surface area contributed by atoms with Crippen LogP contribution in [0.4, 0.5) is 22.4 Å². The Bertz CT molecular complexity index is 747. The molecule has 10 heteroatoms. The van der Waals surface area contributed by atoms with Gasteiger partial charge in [0.25, 0.3) is 5.91 Å². The van der Waals surface area contributed by atoms with E-state index >= 15 is 0 Å². The molecule has 0 radical (unpaired) electrons. The monoisotopic (exact) mass is 454 g/mol. The van der Waals surface area contributed by atoms with Crippen molar-refractivity contribution in [1.82, 2.24) is 10.2 Å². The molecule has 0 saturated carbocycles. The van der Waals surface area contributed by atoms with E-state index in [1.54, 1.807) is 20.8 Å². The Hall–Kier alpha value is -1.84. The van der Waals surface area contributed by atoms with E-state index in [2.05, 4.69) is 21.2 Å². The number of hydrogen-bond donors (Lipinski definition) is 1. The Morgan fingerprint density at radius 3 is 2.44 bits per heavy atom. The van der Waals surface area contributed by atoms with E-state index in [-0.39, 0.29) is 17.6 Å². The summed E-state index contributed by atoms with van der Waals surface area (Å²) < 4.78 is 58.1. The molecule has 1 aromatic rings. The van der Waals surface area contributed by atoms with Crippen LogP contribution < -0.4 is 5.32 Å². The van der Waals surface area contributed by atoms with E-state index in [1.807, 2.05) is 0 Å². The summed E-state index contributed by atoms with van der Waals surface area (Å²) in [5.74, 6) is -2.50. The Labute approximate surface area is 162 Å². The van der Waals surface area contributed by atoms with Gasteiger partial charge in [-0.25, -0.2) is 9.18 Å². The highest BCUT2D eigenvalue weighted by Crippen LogP contribution is 2.35. The molecule has 1 saturated heterocycles. The maximum Gasteiger partial charge on any atom is 0.419 e. The van der Waals surface area contributed by atoms with Crippen LogP contribution in [0.5, 0.6) is 0 Å². The van der Waals surface area contributed by atoms with Gasteiger partial charge in [0.15, 0.2) is 0 Å². The van der Waals surface area contributed by atoms with Gasteiger partial charge in [-0.2, -0.15) is 13.2 Å². The van der Waals surface area contributed by atoms with Crippen LogP contribution in [0.2, 0.25) is 0 Å². The molecule has 2 amide bonds. The van der Waals surface area contributed by atoms with Crippen molar-refractivity contribution in [2.24, 2.45) is 0 Å². The first-order chi connectivity index (χ1) is 12.3. The highest BCUT2D eigenvalue weighted by atomic mass is 79.9. The molecule has 2 rings (SSSR count). The molecule has 0 aliphatic carbocycles. The molecule has 150 valence electrons. The number of carbonyl (C=O) groups excluding carboxylic acids is 2. The number of halogens is 5. The van der Waals surface area contributed by atoms with Crippen LogP contribution in [0.3, 0.4) is 0 Å². The summed E-state index contributed by atoms with van der Waals surface area (Å²) in [4.78, 5) is 25.6. The van der Waals surface area contributed by atoms with E-state index in [0.29, 0.717) is 12.5 Å². The lowest BCUT2D eigenvalue weighted by Gasteiger charge is -2.22. The van der Waals surface area contributed by atoms with Gasteiger partial charge in [0.1, 0.15) is 11.4 Å². The van der Waals surface area contributed by atoms with Crippen molar-refractivity contribution in [2.45, 2.75) is 45.0 Å². The van der Waals surface area contributed by atoms with Crippen molar-refractivity contribution in [3.63, 3.8) is 0 Å². The number of carbonyl (C=O) groups is 2. The molecule has 1 aliphatic heterocycles. The van der Waals surface area contributed by atoms with Crippen LogP contribution in [0, 0.1) is 5.82 Å². The number of amides is 2. The Morgan fingerprint density at radius 2 is 1.89 bits per heavy atom. The molecule has 1 aliphatic rings. The quantitative estimate of drug-likeness (QED) is 0.675. The lowest BCUT2D eigenvalue weighted by atomic mass is 10.1. The molecular weight excluding hydrogens is 436 g/mol. The summed E-state index contributed by atoms with van der Waals surface area (Å²) in [6.07, 6.45) is -5.19. The molecule has 0 unspecified atom stereocenters. The highest BCUT2D eigenvalue weighted by molar-refractivity contribution is 9.10. The van der Waals surface area contributed by atoms with Gasteiger partial charge in [-0.15, -0.1) is 0 Å². The number of rotatable bonds is 2. The van der Waals surface area contributed by atoms with Gasteiger partial charge in [0.2, 0.25) is 0 Å². The van der Waals surface area contributed by atoms with Gasteiger partial charge in [-0.1, -0.05) is 0 Å². The molecule has 1 atom stereocenters. The fraction of sp³-hybridized carbons (Fsp3) is 0.529. The molecular formula is C17H19BrF4N2O3. The first kappa shape index (κ1) is 21.5. The number of alkyl halides is 3. The third kappa shape index (κ3) is 5.33. The zero-order valence-corrected chi connectivity index (χ0v) is 16.5. The Balaban J connectivity index is 2.13. The van der Waals surface area contributed by atoms with Crippen molar-refractivity contribution in [3.05, 3.63) is 33.5 Å². The van der Waals surface area contributed by atoms with Crippen molar-refractivity contribution in [1.29, 1.82) is 0 Å². The summed E-state index contributed by atoms with van der Waals surface area (Å²) >= 11 is 2.94. The second-order valence-corrected chi connectivity index (χ2v) is 8.02. The highest BCUT2D eigenvalue weighted by Gasteiger charge is 2.38. The van der Waals surface area contributed by atoms with Crippen LogP contribution in [0.15, 0.2) is 16.6 Å². The summed E-state index contributed by atoms with van der Waals surface area (Å²) in [5.41, 5.74) is -2.87. The number of hydrogen-bond acceptors (Lipinski definition) is 3. The van der Waals surface area contributed by atoms with Crippen LogP contribution in [0.25, 0.3) is 0 Å². The molecule has 1 N–H and O–H groups in total. The maximum atomic E-state index is 14.3. The van der Waals surface area contributed by atoms with E-state index in [0.717, 1.165) is 6.07 Å². The number of nitrogens with zero attached hydrogens (tertiary/aromatic N) is 1. The topological polar surface area (TPSA) is 58.6 Å². The fourth-order valence-corrected chi connectivity index (χ4v) is 3.14. The van der Waals surface area contributed by atoms with Gasteiger partial charge >= 0.3 is 12.3 Å². The van der Waals surface area contributed by atoms with Crippen LogP contribution >= 0.6 is 15.9 Å². The van der Waals surface area contributed by atoms with E-state index in [9.17, 15) is 27.2 Å². The Morgan fingerprint density at radius 1 is 1.26 bits per heavy atom. The van der Waals surface area contributed by atoms with Crippen molar-refractivity contribution >= 4 is 27.9 Å². The molecule has 5 nitrogen and oxygen atoms in total.